The Kier molecular flexibility index (Phi) is 7.52. The molecule has 1 aliphatic rings. The molecule has 1 atom stereocenters. The van der Waals surface area contributed by atoms with Crippen LogP contribution in [0.2, 0.25) is 5.02 Å². The fourth-order valence-electron chi connectivity index (χ4n) is 4.65. The van der Waals surface area contributed by atoms with E-state index in [9.17, 15) is 24.9 Å². The van der Waals surface area contributed by atoms with Gasteiger partial charge < -0.3 is 24.8 Å². The van der Waals surface area contributed by atoms with Gasteiger partial charge in [-0.25, -0.2) is 0 Å². The molecule has 0 radical (unpaired) electrons. The second-order valence-corrected chi connectivity index (χ2v) is 10.6. The lowest BCUT2D eigenvalue weighted by Crippen LogP contribution is -2.29. The van der Waals surface area contributed by atoms with Crippen molar-refractivity contribution in [2.24, 2.45) is 0 Å². The molecule has 1 saturated heterocycles. The molecule has 1 aliphatic heterocycles. The number of phenolic OH excluding ortho intramolecular Hbond substituents is 2. The Balaban J connectivity index is 2.01. The van der Waals surface area contributed by atoms with E-state index in [2.05, 4.69) is 0 Å². The van der Waals surface area contributed by atoms with Crippen LogP contribution in [0.25, 0.3) is 5.76 Å². The highest BCUT2D eigenvalue weighted by atomic mass is 35.5. The van der Waals surface area contributed by atoms with Gasteiger partial charge in [-0.3, -0.25) is 14.5 Å². The van der Waals surface area contributed by atoms with Crippen LogP contribution >= 0.6 is 11.6 Å². The van der Waals surface area contributed by atoms with Crippen LogP contribution in [0.1, 0.15) is 50.4 Å². The first-order valence-electron chi connectivity index (χ1n) is 12.3. The summed E-state index contributed by atoms with van der Waals surface area (Å²) in [6.07, 6.45) is 0. The number of aliphatic hydroxyl groups is 1. The van der Waals surface area contributed by atoms with Crippen LogP contribution in [0.4, 0.5) is 5.69 Å². The minimum absolute atomic E-state index is 0.00945. The Labute approximate surface area is 231 Å². The van der Waals surface area contributed by atoms with Gasteiger partial charge in [-0.05, 0) is 66.4 Å². The average molecular weight is 552 g/mol. The third-order valence-electron chi connectivity index (χ3n) is 6.52. The number of aliphatic hydroxyl groups excluding tert-OH is 1. The summed E-state index contributed by atoms with van der Waals surface area (Å²) < 4.78 is 11.0. The van der Waals surface area contributed by atoms with Crippen LogP contribution in [-0.2, 0) is 15.0 Å². The summed E-state index contributed by atoms with van der Waals surface area (Å²) in [6.45, 7) is 7.97. The van der Waals surface area contributed by atoms with Crippen molar-refractivity contribution in [1.29, 1.82) is 0 Å². The molecule has 3 aromatic rings. The van der Waals surface area contributed by atoms with Crippen LogP contribution in [0, 0.1) is 0 Å². The Morgan fingerprint density at radius 1 is 0.974 bits per heavy atom. The van der Waals surface area contributed by atoms with Gasteiger partial charge >= 0.3 is 0 Å². The summed E-state index contributed by atoms with van der Waals surface area (Å²) in [6, 6.07) is 12.4. The number of aromatic hydroxyl groups is 2. The van der Waals surface area contributed by atoms with Gasteiger partial charge in [-0.1, -0.05) is 38.4 Å². The molecule has 4 rings (SSSR count). The summed E-state index contributed by atoms with van der Waals surface area (Å²) in [5.41, 5.74) is 0.894. The third kappa shape index (κ3) is 5.12. The van der Waals surface area contributed by atoms with Crippen molar-refractivity contribution in [2.45, 2.75) is 39.2 Å². The number of carbonyl (C=O) groups is 2. The Hall–Kier alpha value is -4.17. The first-order valence-corrected chi connectivity index (χ1v) is 12.7. The van der Waals surface area contributed by atoms with Gasteiger partial charge in [0.1, 0.15) is 17.3 Å². The smallest absolute Gasteiger partial charge is 0.300 e. The van der Waals surface area contributed by atoms with Crippen molar-refractivity contribution in [3.05, 3.63) is 81.9 Å². The second kappa shape index (κ2) is 10.5. The number of ketones is 1. The fraction of sp³-hybridized carbons (Fsp3) is 0.267. The molecule has 8 nitrogen and oxygen atoms in total. The van der Waals surface area contributed by atoms with E-state index in [1.165, 1.54) is 36.4 Å². The number of carbonyl (C=O) groups excluding carboxylic acids is 2. The van der Waals surface area contributed by atoms with Crippen molar-refractivity contribution < 1.29 is 34.4 Å². The minimum atomic E-state index is -1.17. The van der Waals surface area contributed by atoms with E-state index in [0.29, 0.717) is 16.9 Å². The predicted octanol–water partition coefficient (Wildman–Crippen LogP) is 6.08. The normalized spacial score (nSPS) is 17.0. The van der Waals surface area contributed by atoms with Gasteiger partial charge in [-0.2, -0.15) is 0 Å². The van der Waals surface area contributed by atoms with Crippen molar-refractivity contribution in [2.75, 3.05) is 18.6 Å². The zero-order chi connectivity index (χ0) is 28.6. The van der Waals surface area contributed by atoms with Crippen molar-refractivity contribution >= 4 is 34.7 Å². The summed E-state index contributed by atoms with van der Waals surface area (Å²) in [4.78, 5) is 28.1. The molecule has 0 aliphatic carbocycles. The molecule has 1 amide bonds. The zero-order valence-electron chi connectivity index (χ0n) is 22.3. The van der Waals surface area contributed by atoms with E-state index in [-0.39, 0.29) is 45.6 Å². The molecule has 3 aromatic carbocycles. The lowest BCUT2D eigenvalue weighted by Gasteiger charge is -2.27. The molecule has 3 N–H and O–H groups in total. The number of amides is 1. The number of phenols is 2. The summed E-state index contributed by atoms with van der Waals surface area (Å²) >= 11 is 6.18. The molecule has 1 unspecified atom stereocenters. The van der Waals surface area contributed by atoms with Gasteiger partial charge in [0.05, 0.1) is 31.0 Å². The predicted molar refractivity (Wildman–Crippen MR) is 149 cm³/mol. The van der Waals surface area contributed by atoms with Gasteiger partial charge in [-0.15, -0.1) is 0 Å². The lowest BCUT2D eigenvalue weighted by molar-refractivity contribution is -0.132. The summed E-state index contributed by atoms with van der Waals surface area (Å²) in [5.74, 6) is -1.98. The van der Waals surface area contributed by atoms with E-state index in [0.717, 1.165) is 10.5 Å². The SMILES string of the molecule is CCOc1cc(C2/C(=C(\O)c3ccc(OC)c(C(C)(C)C)c3)C(=O)C(=O)N2c2cc(Cl)ccc2O)ccc1O. The molecule has 0 saturated carbocycles. The molecule has 1 fully saturated rings. The first kappa shape index (κ1) is 27.9. The second-order valence-electron chi connectivity index (χ2n) is 10.1. The number of rotatable bonds is 6. The first-order chi connectivity index (χ1) is 18.4. The van der Waals surface area contributed by atoms with E-state index < -0.39 is 23.5 Å². The number of halogens is 1. The molecule has 0 aromatic heterocycles. The summed E-state index contributed by atoms with van der Waals surface area (Å²) in [5, 5.41) is 32.7. The number of Topliss-reactive ketones (excluding diaryl/α,β-unsaturated/α-hetero) is 1. The maximum atomic E-state index is 13.5. The van der Waals surface area contributed by atoms with Crippen molar-refractivity contribution in [3.8, 4) is 23.0 Å². The van der Waals surface area contributed by atoms with Crippen LogP contribution in [-0.4, -0.2) is 40.7 Å². The Morgan fingerprint density at radius 3 is 2.31 bits per heavy atom. The Morgan fingerprint density at radius 2 is 1.67 bits per heavy atom. The van der Waals surface area contributed by atoms with Crippen LogP contribution in [0.15, 0.2) is 60.2 Å². The number of hydrogen-bond acceptors (Lipinski definition) is 7. The molecule has 1 heterocycles. The van der Waals surface area contributed by atoms with Crippen molar-refractivity contribution in [1.82, 2.24) is 0 Å². The van der Waals surface area contributed by atoms with Gasteiger partial charge in [0.25, 0.3) is 11.7 Å². The summed E-state index contributed by atoms with van der Waals surface area (Å²) in [7, 11) is 1.55. The number of methoxy groups -OCH3 is 1. The zero-order valence-corrected chi connectivity index (χ0v) is 23.0. The van der Waals surface area contributed by atoms with E-state index in [4.69, 9.17) is 21.1 Å². The monoisotopic (exact) mass is 551 g/mol. The number of ether oxygens (including phenoxy) is 2. The number of anilines is 1. The quantitative estimate of drug-likeness (QED) is 0.193. The number of benzene rings is 3. The highest BCUT2D eigenvalue weighted by Crippen LogP contribution is 2.47. The maximum absolute atomic E-state index is 13.5. The van der Waals surface area contributed by atoms with Crippen LogP contribution < -0.4 is 14.4 Å². The van der Waals surface area contributed by atoms with Crippen molar-refractivity contribution in [3.63, 3.8) is 0 Å². The topological polar surface area (TPSA) is 117 Å². The number of nitrogens with zero attached hydrogens (tertiary/aromatic N) is 1. The molecular weight excluding hydrogens is 522 g/mol. The van der Waals surface area contributed by atoms with Gasteiger partial charge in [0.15, 0.2) is 11.5 Å². The highest BCUT2D eigenvalue weighted by Gasteiger charge is 2.48. The lowest BCUT2D eigenvalue weighted by atomic mass is 9.84. The van der Waals surface area contributed by atoms with Crippen LogP contribution in [0.3, 0.4) is 0 Å². The van der Waals surface area contributed by atoms with E-state index in [1.54, 1.807) is 32.2 Å². The van der Waals surface area contributed by atoms with E-state index in [1.807, 2.05) is 20.8 Å². The van der Waals surface area contributed by atoms with E-state index >= 15 is 0 Å². The fourth-order valence-corrected chi connectivity index (χ4v) is 4.82. The maximum Gasteiger partial charge on any atom is 0.300 e. The average Bonchev–Trinajstić information content (AvgIpc) is 3.15. The highest BCUT2D eigenvalue weighted by molar-refractivity contribution is 6.52. The molecule has 0 spiro atoms. The molecule has 0 bridgehead atoms. The molecule has 204 valence electrons. The molecule has 39 heavy (non-hydrogen) atoms. The van der Waals surface area contributed by atoms with Gasteiger partial charge in [0.2, 0.25) is 0 Å². The van der Waals surface area contributed by atoms with Crippen LogP contribution in [0.5, 0.6) is 23.0 Å². The largest absolute Gasteiger partial charge is 0.507 e. The number of hydrogen-bond donors (Lipinski definition) is 3. The third-order valence-corrected chi connectivity index (χ3v) is 6.76. The standard InChI is InChI=1S/C30H30ClNO7/c1-6-39-24-14-16(7-10-22(24)34)26-25(27(35)17-8-12-23(38-5)19(13-17)30(2,3)4)28(36)29(37)32(26)20-15-18(31)9-11-21(20)33/h7-15,26,33-35H,6H2,1-5H3/b27-25+. The molecule has 9 heteroatoms. The Bertz CT molecular complexity index is 1490. The minimum Gasteiger partial charge on any atom is -0.507 e. The molecular formula is C30H30ClNO7. The van der Waals surface area contributed by atoms with Gasteiger partial charge in [0, 0.05) is 16.1 Å².